The van der Waals surface area contributed by atoms with Crippen molar-refractivity contribution in [2.24, 2.45) is 0 Å². The van der Waals surface area contributed by atoms with E-state index < -0.39 is 10.0 Å². The van der Waals surface area contributed by atoms with Gasteiger partial charge in [0.25, 0.3) is 16.5 Å². The van der Waals surface area contributed by atoms with Crippen molar-refractivity contribution in [3.05, 3.63) is 53.3 Å². The summed E-state index contributed by atoms with van der Waals surface area (Å²) in [6.07, 6.45) is 3.26. The van der Waals surface area contributed by atoms with Crippen LogP contribution in [-0.4, -0.2) is 55.1 Å². The zero-order chi connectivity index (χ0) is 21.7. The Kier molecular flexibility index (Phi) is 6.56. The molecule has 0 spiro atoms. The molecule has 1 fully saturated rings. The van der Waals surface area contributed by atoms with Crippen molar-refractivity contribution < 1.29 is 18.3 Å². The third-order valence-electron chi connectivity index (χ3n) is 4.56. The zero-order valence-electron chi connectivity index (χ0n) is 15.7. The molecule has 1 aliphatic heterocycles. The van der Waals surface area contributed by atoms with E-state index in [1.807, 2.05) is 6.07 Å². The second-order valence-electron chi connectivity index (χ2n) is 6.29. The molecule has 1 aromatic carbocycles. The minimum absolute atomic E-state index is 0.0171. The molecule has 0 bridgehead atoms. The lowest BCUT2D eigenvalue weighted by Crippen LogP contribution is -2.43. The monoisotopic (exact) mass is 447 g/mol. The van der Waals surface area contributed by atoms with Gasteiger partial charge in [-0.2, -0.15) is 5.26 Å². The smallest absolute Gasteiger partial charge is 0.290 e. The average molecular weight is 448 g/mol. The van der Waals surface area contributed by atoms with Gasteiger partial charge in [-0.1, -0.05) is 11.6 Å². The van der Waals surface area contributed by atoms with Gasteiger partial charge in [0.15, 0.2) is 0 Å². The van der Waals surface area contributed by atoms with E-state index in [0.717, 1.165) is 31.9 Å². The number of hydrogen-bond acceptors (Lipinski definition) is 7. The van der Waals surface area contributed by atoms with Crippen LogP contribution in [0, 0.1) is 11.3 Å². The van der Waals surface area contributed by atoms with Gasteiger partial charge in [-0.25, -0.2) is 12.4 Å². The Morgan fingerprint density at radius 1 is 1.27 bits per heavy atom. The molecule has 30 heavy (non-hydrogen) atoms. The normalized spacial score (nSPS) is 13.9. The van der Waals surface area contributed by atoms with Crippen LogP contribution in [0.4, 0.5) is 5.69 Å². The number of nitriles is 1. The number of rotatable bonds is 3. The highest BCUT2D eigenvalue weighted by atomic mass is 35.5. The summed E-state index contributed by atoms with van der Waals surface area (Å²) in [5.41, 5.74) is 2.21. The number of carboxylic acid groups (broad SMARTS) is 1. The molecule has 0 unspecified atom stereocenters. The summed E-state index contributed by atoms with van der Waals surface area (Å²) in [6.45, 7) is 2.95. The average Bonchev–Trinajstić information content (AvgIpc) is 3.15. The van der Waals surface area contributed by atoms with Crippen molar-refractivity contribution >= 4 is 44.8 Å². The van der Waals surface area contributed by atoms with Gasteiger partial charge in [-0.15, -0.1) is 0 Å². The van der Waals surface area contributed by atoms with Gasteiger partial charge in [-0.05, 0) is 30.3 Å². The van der Waals surface area contributed by atoms with Crippen LogP contribution in [0.25, 0.3) is 11.0 Å². The van der Waals surface area contributed by atoms with E-state index in [2.05, 4.69) is 15.2 Å². The number of fused-ring (bicyclic) bond motifs is 1. The van der Waals surface area contributed by atoms with Gasteiger partial charge in [0.05, 0.1) is 27.9 Å². The highest BCUT2D eigenvalue weighted by Gasteiger charge is 2.26. The van der Waals surface area contributed by atoms with Crippen LogP contribution in [0.1, 0.15) is 5.56 Å². The summed E-state index contributed by atoms with van der Waals surface area (Å²) in [5, 5.41) is 19.2. The van der Waals surface area contributed by atoms with Crippen LogP contribution < -0.4 is 10.2 Å². The van der Waals surface area contributed by atoms with E-state index in [0.29, 0.717) is 16.6 Å². The van der Waals surface area contributed by atoms with Gasteiger partial charge < -0.3 is 15.3 Å². The van der Waals surface area contributed by atoms with E-state index in [1.165, 1.54) is 22.2 Å². The first-order valence-corrected chi connectivity index (χ1v) is 10.7. The summed E-state index contributed by atoms with van der Waals surface area (Å²) in [5.74, 6) is 0. The van der Waals surface area contributed by atoms with Gasteiger partial charge in [0.2, 0.25) is 0 Å². The summed E-state index contributed by atoms with van der Waals surface area (Å²) in [7, 11) is -3.95. The molecule has 0 atom stereocenters. The molecule has 0 radical (unpaired) electrons. The number of halogens is 1. The van der Waals surface area contributed by atoms with Crippen LogP contribution in [0.15, 0.2) is 47.6 Å². The minimum atomic E-state index is -3.95. The zero-order valence-corrected chi connectivity index (χ0v) is 17.3. The van der Waals surface area contributed by atoms with Crippen LogP contribution in [-0.2, 0) is 14.8 Å². The first kappa shape index (κ1) is 21.6. The molecule has 2 aromatic heterocycles. The summed E-state index contributed by atoms with van der Waals surface area (Å²) < 4.78 is 27.8. The second kappa shape index (κ2) is 9.13. The number of hydrogen-bond donors (Lipinski definition) is 2. The second-order valence-corrected chi connectivity index (χ2v) is 8.48. The summed E-state index contributed by atoms with van der Waals surface area (Å²) >= 11 is 6.17. The molecule has 1 aliphatic rings. The van der Waals surface area contributed by atoms with Gasteiger partial charge in [0, 0.05) is 38.6 Å². The van der Waals surface area contributed by atoms with E-state index in [9.17, 15) is 8.42 Å². The Morgan fingerprint density at radius 2 is 1.97 bits per heavy atom. The van der Waals surface area contributed by atoms with Gasteiger partial charge in [-0.3, -0.25) is 9.78 Å². The number of nitrogens with one attached hydrogen (secondary N) is 1. The Bertz CT molecular complexity index is 1210. The van der Waals surface area contributed by atoms with E-state index in [1.54, 1.807) is 24.5 Å². The van der Waals surface area contributed by atoms with Crippen LogP contribution >= 0.6 is 11.6 Å². The molecule has 3 heterocycles. The Hall–Kier alpha value is -3.13. The number of pyridine rings is 1. The van der Waals surface area contributed by atoms with Crippen molar-refractivity contribution in [3.8, 4) is 6.07 Å². The highest BCUT2D eigenvalue weighted by Crippen LogP contribution is 2.32. The molecule has 1 saturated heterocycles. The number of piperazine rings is 1. The maximum atomic E-state index is 13.3. The van der Waals surface area contributed by atoms with E-state index in [4.69, 9.17) is 26.8 Å². The quantitative estimate of drug-likeness (QED) is 0.582. The number of carbonyl (C=O) groups is 1. The highest BCUT2D eigenvalue weighted by molar-refractivity contribution is 7.90. The number of aromatic nitrogens is 2. The Balaban J connectivity index is 0.000000806. The Morgan fingerprint density at radius 3 is 2.60 bits per heavy atom. The predicted octanol–water partition coefficient (Wildman–Crippen LogP) is 1.91. The summed E-state index contributed by atoms with van der Waals surface area (Å²) in [6, 6.07) is 9.55. The Labute approximate surface area is 178 Å². The van der Waals surface area contributed by atoms with E-state index >= 15 is 0 Å². The third-order valence-corrected chi connectivity index (χ3v) is 6.72. The van der Waals surface area contributed by atoms with Gasteiger partial charge in [0.1, 0.15) is 10.4 Å². The van der Waals surface area contributed by atoms with Crippen molar-refractivity contribution in [1.29, 1.82) is 5.26 Å². The fourth-order valence-corrected chi connectivity index (χ4v) is 5.11. The van der Waals surface area contributed by atoms with Crippen molar-refractivity contribution in [3.63, 3.8) is 0 Å². The molecule has 0 saturated carbocycles. The number of benzene rings is 1. The van der Waals surface area contributed by atoms with Crippen LogP contribution in [0.5, 0.6) is 0 Å². The molecule has 11 heteroatoms. The number of nitrogens with zero attached hydrogens (tertiary/aromatic N) is 4. The maximum Gasteiger partial charge on any atom is 0.290 e. The molecule has 4 rings (SSSR count). The molecule has 2 N–H and O–H groups in total. The summed E-state index contributed by atoms with van der Waals surface area (Å²) in [4.78, 5) is 14.8. The SMILES string of the molecule is N#Cc1ccc(S(=O)(=O)n2cc(N3CCNCC3)c3ncccc32)c(Cl)c1.O=CO. The maximum absolute atomic E-state index is 13.3. The van der Waals surface area contributed by atoms with Crippen LogP contribution in [0.3, 0.4) is 0 Å². The molecule has 3 aromatic rings. The molecule has 0 aliphatic carbocycles. The lowest BCUT2D eigenvalue weighted by Gasteiger charge is -2.28. The van der Waals surface area contributed by atoms with Crippen LogP contribution in [0.2, 0.25) is 5.02 Å². The number of anilines is 1. The van der Waals surface area contributed by atoms with E-state index in [-0.39, 0.29) is 16.4 Å². The van der Waals surface area contributed by atoms with Crippen molar-refractivity contribution in [2.75, 3.05) is 31.1 Å². The molecule has 156 valence electrons. The molecular formula is C19H18ClN5O4S. The first-order valence-electron chi connectivity index (χ1n) is 8.89. The van der Waals surface area contributed by atoms with Gasteiger partial charge >= 0.3 is 0 Å². The van der Waals surface area contributed by atoms with Crippen molar-refractivity contribution in [2.45, 2.75) is 4.90 Å². The fraction of sp³-hybridized carbons (Fsp3) is 0.211. The third kappa shape index (κ3) is 4.09. The first-order chi connectivity index (χ1) is 14.4. The predicted molar refractivity (Wildman–Crippen MR) is 112 cm³/mol. The molecule has 0 amide bonds. The lowest BCUT2D eigenvalue weighted by molar-refractivity contribution is -0.122. The minimum Gasteiger partial charge on any atom is -0.483 e. The molecular weight excluding hydrogens is 430 g/mol. The standard InChI is InChI=1S/C18H16ClN5O2S.CH2O2/c19-14-10-13(11-20)3-4-17(14)27(25,26)24-12-16(23-8-6-21-7-9-23)18-15(24)2-1-5-22-18;2-1-3/h1-5,10,12,21H,6-9H2;1H,(H,2,3). The largest absolute Gasteiger partial charge is 0.483 e. The molecule has 9 nitrogen and oxygen atoms in total. The van der Waals surface area contributed by atoms with Crippen molar-refractivity contribution in [1.82, 2.24) is 14.3 Å². The topological polar surface area (TPSA) is 128 Å². The fourth-order valence-electron chi connectivity index (χ4n) is 3.24. The lowest BCUT2D eigenvalue weighted by atomic mass is 10.2.